The number of aliphatic hydroxyl groups excluding tert-OH is 2. The Bertz CT molecular complexity index is 217. The van der Waals surface area contributed by atoms with E-state index in [9.17, 15) is 5.11 Å². The number of hydrogen-bond donors (Lipinski definition) is 2. The van der Waals surface area contributed by atoms with E-state index >= 15 is 0 Å². The van der Waals surface area contributed by atoms with Crippen LogP contribution in [-0.4, -0.2) is 41.2 Å². The largest absolute Gasteiger partial charge is 0.394 e. The average molecular weight is 187 g/mol. The Morgan fingerprint density at radius 2 is 2.46 bits per heavy atom. The molecule has 1 saturated heterocycles. The highest BCUT2D eigenvalue weighted by atomic mass is 16.5. The highest BCUT2D eigenvalue weighted by Gasteiger charge is 2.36. The van der Waals surface area contributed by atoms with Crippen LogP contribution in [-0.2, 0) is 4.74 Å². The Morgan fingerprint density at radius 3 is 3.00 bits per heavy atom. The molecule has 0 aliphatic carbocycles. The summed E-state index contributed by atoms with van der Waals surface area (Å²) in [5, 5.41) is 21.5. The summed E-state index contributed by atoms with van der Waals surface area (Å²) < 4.78 is 5.30. The molecule has 1 heterocycles. The third kappa shape index (κ3) is 2.32. The fraction of sp³-hybridized carbons (Fsp3) is 1.00. The highest BCUT2D eigenvalue weighted by molar-refractivity contribution is 4.90. The van der Waals surface area contributed by atoms with Crippen molar-refractivity contribution in [2.75, 3.05) is 6.61 Å². The van der Waals surface area contributed by atoms with Gasteiger partial charge in [0.1, 0.15) is 6.10 Å². The molecule has 0 aromatic heterocycles. The van der Waals surface area contributed by atoms with Gasteiger partial charge in [-0.25, -0.2) is 0 Å². The number of ether oxygens (including phenoxy) is 1. The Morgan fingerprint density at radius 1 is 1.77 bits per heavy atom. The summed E-state index contributed by atoms with van der Waals surface area (Å²) in [6.07, 6.45) is -0.996. The first-order valence-electron chi connectivity index (χ1n) is 4.17. The highest BCUT2D eigenvalue weighted by Crippen LogP contribution is 2.25. The summed E-state index contributed by atoms with van der Waals surface area (Å²) in [5.74, 6) is 0. The maximum Gasteiger partial charge on any atom is 0.104 e. The van der Waals surface area contributed by atoms with Gasteiger partial charge < -0.3 is 14.9 Å². The summed E-state index contributed by atoms with van der Waals surface area (Å²) in [5.41, 5.74) is 8.24. The van der Waals surface area contributed by atoms with E-state index < -0.39 is 12.2 Å². The molecule has 13 heavy (non-hydrogen) atoms. The molecule has 2 N–H and O–H groups in total. The van der Waals surface area contributed by atoms with Gasteiger partial charge in [0.15, 0.2) is 0 Å². The molecule has 0 spiro atoms. The van der Waals surface area contributed by atoms with Gasteiger partial charge in [-0.1, -0.05) is 5.11 Å². The topological polar surface area (TPSA) is 98.5 Å². The van der Waals surface area contributed by atoms with Gasteiger partial charge in [-0.15, -0.1) is 0 Å². The number of hydrogen-bond acceptors (Lipinski definition) is 4. The van der Waals surface area contributed by atoms with Crippen LogP contribution in [0.3, 0.4) is 0 Å². The quantitative estimate of drug-likeness (QED) is 0.375. The number of azide groups is 1. The summed E-state index contributed by atoms with van der Waals surface area (Å²) >= 11 is 0. The van der Waals surface area contributed by atoms with E-state index in [1.165, 1.54) is 0 Å². The molecular weight excluding hydrogens is 174 g/mol. The minimum atomic E-state index is -0.972. The molecule has 6 nitrogen and oxygen atoms in total. The van der Waals surface area contributed by atoms with Crippen LogP contribution in [0, 0.1) is 0 Å². The summed E-state index contributed by atoms with van der Waals surface area (Å²) in [6.45, 7) is 1.46. The standard InChI is InChI=1S/C7H13N3O3/c1-4-2-5(9-10-8)7(13-4)6(12)3-11/h4-7,11-12H,2-3H2,1H3/t4-,5+,6?,7-/m0/s1. The molecule has 1 unspecified atom stereocenters. The van der Waals surface area contributed by atoms with E-state index in [2.05, 4.69) is 10.0 Å². The van der Waals surface area contributed by atoms with Crippen LogP contribution in [0.25, 0.3) is 10.4 Å². The zero-order chi connectivity index (χ0) is 9.84. The SMILES string of the molecule is C[C@H]1C[C@@H](N=[N+]=[N-])[C@@H](C(O)CO)O1. The van der Waals surface area contributed by atoms with Gasteiger partial charge in [0.2, 0.25) is 0 Å². The lowest BCUT2D eigenvalue weighted by Crippen LogP contribution is -2.36. The fourth-order valence-electron chi connectivity index (χ4n) is 1.52. The van der Waals surface area contributed by atoms with Gasteiger partial charge in [-0.3, -0.25) is 0 Å². The molecule has 4 atom stereocenters. The first kappa shape index (κ1) is 10.3. The number of rotatable bonds is 3. The van der Waals surface area contributed by atoms with Gasteiger partial charge in [-0.05, 0) is 18.9 Å². The van der Waals surface area contributed by atoms with E-state index in [1.807, 2.05) is 6.92 Å². The molecule has 1 aliphatic rings. The molecule has 1 aliphatic heterocycles. The summed E-state index contributed by atoms with van der Waals surface area (Å²) in [4.78, 5) is 2.67. The zero-order valence-corrected chi connectivity index (χ0v) is 7.37. The van der Waals surface area contributed by atoms with Crippen molar-refractivity contribution in [1.82, 2.24) is 0 Å². The molecule has 74 valence electrons. The normalized spacial score (nSPS) is 35.5. The minimum absolute atomic E-state index is 0.0401. The number of nitrogens with zero attached hydrogens (tertiary/aromatic N) is 3. The van der Waals surface area contributed by atoms with E-state index in [-0.39, 0.29) is 18.8 Å². The Labute approximate surface area is 75.8 Å². The second kappa shape index (κ2) is 4.43. The lowest BCUT2D eigenvalue weighted by molar-refractivity contribution is -0.0529. The van der Waals surface area contributed by atoms with E-state index in [1.54, 1.807) is 0 Å². The van der Waals surface area contributed by atoms with Gasteiger partial charge >= 0.3 is 0 Å². The van der Waals surface area contributed by atoms with Crippen molar-refractivity contribution >= 4 is 0 Å². The second-order valence-electron chi connectivity index (χ2n) is 3.17. The second-order valence-corrected chi connectivity index (χ2v) is 3.17. The van der Waals surface area contributed by atoms with Crippen LogP contribution >= 0.6 is 0 Å². The molecule has 0 bridgehead atoms. The van der Waals surface area contributed by atoms with E-state index in [0.717, 1.165) is 0 Å². The zero-order valence-electron chi connectivity index (χ0n) is 7.37. The van der Waals surface area contributed by atoms with Crippen molar-refractivity contribution < 1.29 is 14.9 Å². The Balaban J connectivity index is 2.65. The molecule has 1 fully saturated rings. The fourth-order valence-corrected chi connectivity index (χ4v) is 1.52. The van der Waals surface area contributed by atoms with Crippen molar-refractivity contribution in [2.24, 2.45) is 5.11 Å². The Hall–Kier alpha value is -0.810. The lowest BCUT2D eigenvalue weighted by atomic mass is 10.1. The van der Waals surface area contributed by atoms with Crippen molar-refractivity contribution in [3.05, 3.63) is 10.4 Å². The molecule has 0 amide bonds. The van der Waals surface area contributed by atoms with Crippen LogP contribution in [0.5, 0.6) is 0 Å². The Kier molecular flexibility index (Phi) is 3.50. The van der Waals surface area contributed by atoms with Gasteiger partial charge in [0, 0.05) is 4.91 Å². The summed E-state index contributed by atoms with van der Waals surface area (Å²) in [7, 11) is 0. The van der Waals surface area contributed by atoms with E-state index in [4.69, 9.17) is 15.4 Å². The monoisotopic (exact) mass is 187 g/mol. The third-order valence-electron chi connectivity index (χ3n) is 2.11. The van der Waals surface area contributed by atoms with Crippen LogP contribution in [0.4, 0.5) is 0 Å². The molecular formula is C7H13N3O3. The molecule has 0 saturated carbocycles. The smallest absolute Gasteiger partial charge is 0.104 e. The van der Waals surface area contributed by atoms with Crippen LogP contribution in [0.2, 0.25) is 0 Å². The molecule has 6 heteroatoms. The van der Waals surface area contributed by atoms with Crippen molar-refractivity contribution in [1.29, 1.82) is 0 Å². The predicted molar refractivity (Wildman–Crippen MR) is 45.0 cm³/mol. The number of aliphatic hydroxyl groups is 2. The average Bonchev–Trinajstić information content (AvgIpc) is 2.46. The molecule has 0 aromatic rings. The van der Waals surface area contributed by atoms with Crippen molar-refractivity contribution in [2.45, 2.75) is 37.7 Å². The first-order chi connectivity index (χ1) is 6.19. The predicted octanol–water partition coefficient (Wildman–Crippen LogP) is 0.196. The van der Waals surface area contributed by atoms with Crippen molar-refractivity contribution in [3.8, 4) is 0 Å². The first-order valence-corrected chi connectivity index (χ1v) is 4.17. The van der Waals surface area contributed by atoms with Crippen LogP contribution < -0.4 is 0 Å². The van der Waals surface area contributed by atoms with Crippen molar-refractivity contribution in [3.63, 3.8) is 0 Å². The maximum atomic E-state index is 9.31. The van der Waals surface area contributed by atoms with Gasteiger partial charge in [0.25, 0.3) is 0 Å². The lowest BCUT2D eigenvalue weighted by Gasteiger charge is -2.18. The molecule has 0 aromatic carbocycles. The minimum Gasteiger partial charge on any atom is -0.394 e. The van der Waals surface area contributed by atoms with Gasteiger partial charge in [0.05, 0.1) is 24.9 Å². The van der Waals surface area contributed by atoms with E-state index in [0.29, 0.717) is 6.42 Å². The third-order valence-corrected chi connectivity index (χ3v) is 2.11. The molecule has 0 radical (unpaired) electrons. The van der Waals surface area contributed by atoms with Crippen LogP contribution in [0.15, 0.2) is 5.11 Å². The maximum absolute atomic E-state index is 9.31. The van der Waals surface area contributed by atoms with Crippen LogP contribution in [0.1, 0.15) is 13.3 Å². The molecule has 1 rings (SSSR count). The summed E-state index contributed by atoms with van der Waals surface area (Å²) in [6, 6.07) is -0.373. The van der Waals surface area contributed by atoms with Gasteiger partial charge in [-0.2, -0.15) is 0 Å².